The summed E-state index contributed by atoms with van der Waals surface area (Å²) in [6, 6.07) is 0. The minimum absolute atomic E-state index is 0.139. The molecule has 0 bridgehead atoms. The number of aromatic amines is 1. The number of fused-ring (bicyclic) bond motifs is 2. The SMILES string of the molecule is C=CCn1c(=S)[nH]c2c(=O)c3c(sc21)CCC3. The number of nitrogens with zero attached hydrogens (tertiary/aromatic N) is 1. The zero-order valence-corrected chi connectivity index (χ0v) is 10.9. The van der Waals surface area contributed by atoms with E-state index in [-0.39, 0.29) is 5.43 Å². The van der Waals surface area contributed by atoms with Gasteiger partial charge in [-0.2, -0.15) is 0 Å². The average molecular weight is 264 g/mol. The first-order chi connectivity index (χ1) is 8.22. The Morgan fingerprint density at radius 2 is 2.35 bits per heavy atom. The summed E-state index contributed by atoms with van der Waals surface area (Å²) < 4.78 is 2.56. The van der Waals surface area contributed by atoms with Crippen molar-refractivity contribution in [3.8, 4) is 0 Å². The minimum atomic E-state index is 0.139. The molecule has 2 aromatic rings. The van der Waals surface area contributed by atoms with Gasteiger partial charge in [-0.1, -0.05) is 6.08 Å². The zero-order valence-electron chi connectivity index (χ0n) is 9.28. The molecule has 3 nitrogen and oxygen atoms in total. The van der Waals surface area contributed by atoms with Crippen LogP contribution in [-0.2, 0) is 19.4 Å². The van der Waals surface area contributed by atoms with Crippen molar-refractivity contribution in [1.29, 1.82) is 0 Å². The van der Waals surface area contributed by atoms with Crippen molar-refractivity contribution in [1.82, 2.24) is 9.55 Å². The molecule has 3 rings (SSSR count). The van der Waals surface area contributed by atoms with Gasteiger partial charge in [0.1, 0.15) is 10.3 Å². The maximum Gasteiger partial charge on any atom is 0.209 e. The van der Waals surface area contributed by atoms with Crippen molar-refractivity contribution < 1.29 is 0 Å². The summed E-state index contributed by atoms with van der Waals surface area (Å²) >= 11 is 6.94. The highest BCUT2D eigenvalue weighted by Crippen LogP contribution is 2.28. The molecule has 0 fully saturated rings. The molecule has 2 aromatic heterocycles. The van der Waals surface area contributed by atoms with Crippen LogP contribution < -0.4 is 5.43 Å². The second-order valence-electron chi connectivity index (χ2n) is 4.20. The van der Waals surface area contributed by atoms with Crippen molar-refractivity contribution in [3.63, 3.8) is 0 Å². The number of allylic oxidation sites excluding steroid dienone is 1. The normalized spacial score (nSPS) is 14.1. The van der Waals surface area contributed by atoms with Crippen LogP contribution in [0.3, 0.4) is 0 Å². The second-order valence-corrected chi connectivity index (χ2v) is 5.67. The van der Waals surface area contributed by atoms with Gasteiger partial charge >= 0.3 is 0 Å². The number of aryl methyl sites for hydroxylation is 1. The Balaban J connectivity index is 2.43. The molecule has 2 heterocycles. The molecule has 1 N–H and O–H groups in total. The summed E-state index contributed by atoms with van der Waals surface area (Å²) in [7, 11) is 0. The number of hydrogen-bond acceptors (Lipinski definition) is 3. The fourth-order valence-corrected chi connectivity index (χ4v) is 3.99. The van der Waals surface area contributed by atoms with Crippen molar-refractivity contribution in [2.75, 3.05) is 0 Å². The quantitative estimate of drug-likeness (QED) is 0.669. The molecule has 0 amide bonds. The van der Waals surface area contributed by atoms with E-state index in [2.05, 4.69) is 11.6 Å². The van der Waals surface area contributed by atoms with Crippen LogP contribution >= 0.6 is 23.6 Å². The Kier molecular flexibility index (Phi) is 2.52. The lowest BCUT2D eigenvalue weighted by molar-refractivity contribution is 0.841. The number of aromatic nitrogens is 2. The topological polar surface area (TPSA) is 37.8 Å². The van der Waals surface area contributed by atoms with Crippen LogP contribution in [0.2, 0.25) is 0 Å². The molecule has 0 saturated heterocycles. The summed E-state index contributed by atoms with van der Waals surface area (Å²) in [5, 5.41) is 0. The van der Waals surface area contributed by atoms with Crippen LogP contribution in [0.4, 0.5) is 0 Å². The van der Waals surface area contributed by atoms with Gasteiger partial charge in [0.25, 0.3) is 0 Å². The van der Waals surface area contributed by atoms with Crippen LogP contribution in [-0.4, -0.2) is 9.55 Å². The molecule has 17 heavy (non-hydrogen) atoms. The second kappa shape index (κ2) is 3.92. The maximum atomic E-state index is 12.3. The molecule has 0 radical (unpaired) electrons. The van der Waals surface area contributed by atoms with E-state index >= 15 is 0 Å². The van der Waals surface area contributed by atoms with E-state index in [4.69, 9.17) is 12.2 Å². The van der Waals surface area contributed by atoms with Crippen LogP contribution in [0.25, 0.3) is 10.3 Å². The third-order valence-electron chi connectivity index (χ3n) is 3.14. The first-order valence-corrected chi connectivity index (χ1v) is 6.83. The summed E-state index contributed by atoms with van der Waals surface area (Å²) in [5.74, 6) is 0. The lowest BCUT2D eigenvalue weighted by Crippen LogP contribution is -2.07. The zero-order chi connectivity index (χ0) is 12.0. The summed E-state index contributed by atoms with van der Waals surface area (Å²) in [6.07, 6.45) is 4.83. The number of H-pyrrole nitrogens is 1. The van der Waals surface area contributed by atoms with Crippen LogP contribution in [0.1, 0.15) is 16.9 Å². The molecule has 0 aromatic carbocycles. The van der Waals surface area contributed by atoms with Gasteiger partial charge in [0.05, 0.1) is 0 Å². The number of imidazole rings is 1. The monoisotopic (exact) mass is 264 g/mol. The Labute approximate surface area is 107 Å². The Hall–Kier alpha value is -1.20. The standard InChI is InChI=1S/C12H12N2OS2/c1-2-6-14-11-9(13-12(14)16)10(15)7-4-3-5-8(7)17-11/h2H,1,3-6H2,(H,13,16). The van der Waals surface area contributed by atoms with Crippen molar-refractivity contribution >= 4 is 33.9 Å². The van der Waals surface area contributed by atoms with Gasteiger partial charge in [-0.05, 0) is 31.5 Å². The smallest absolute Gasteiger partial charge is 0.209 e. The van der Waals surface area contributed by atoms with Crippen LogP contribution in [0, 0.1) is 4.77 Å². The van der Waals surface area contributed by atoms with E-state index in [1.54, 1.807) is 17.4 Å². The highest BCUT2D eigenvalue weighted by Gasteiger charge is 2.19. The summed E-state index contributed by atoms with van der Waals surface area (Å²) in [5.41, 5.74) is 1.80. The fraction of sp³-hybridized carbons (Fsp3) is 0.333. The molecular weight excluding hydrogens is 252 g/mol. The molecule has 0 unspecified atom stereocenters. The summed E-state index contributed by atoms with van der Waals surface area (Å²) in [6.45, 7) is 4.37. The van der Waals surface area contributed by atoms with Crippen molar-refractivity contribution in [2.45, 2.75) is 25.8 Å². The lowest BCUT2D eigenvalue weighted by atomic mass is 10.2. The Morgan fingerprint density at radius 3 is 3.12 bits per heavy atom. The number of nitrogens with one attached hydrogen (secondary N) is 1. The van der Waals surface area contributed by atoms with E-state index < -0.39 is 0 Å². The fourth-order valence-electron chi connectivity index (χ4n) is 2.35. The predicted molar refractivity (Wildman–Crippen MR) is 73.5 cm³/mol. The average Bonchev–Trinajstić information content (AvgIpc) is 2.88. The first kappa shape index (κ1) is 10.9. The van der Waals surface area contributed by atoms with E-state index in [0.29, 0.717) is 16.8 Å². The molecule has 0 aliphatic heterocycles. The molecule has 1 aliphatic rings. The molecular formula is C12H12N2OS2. The molecule has 5 heteroatoms. The first-order valence-electron chi connectivity index (χ1n) is 5.60. The number of hydrogen-bond donors (Lipinski definition) is 1. The van der Waals surface area contributed by atoms with Gasteiger partial charge in [0, 0.05) is 17.0 Å². The van der Waals surface area contributed by atoms with Gasteiger partial charge in [0.15, 0.2) is 4.77 Å². The highest BCUT2D eigenvalue weighted by molar-refractivity contribution is 7.71. The molecule has 0 atom stereocenters. The van der Waals surface area contributed by atoms with Crippen molar-refractivity contribution in [3.05, 3.63) is 38.1 Å². The van der Waals surface area contributed by atoms with E-state index in [1.807, 2.05) is 4.57 Å². The van der Waals surface area contributed by atoms with E-state index in [1.165, 1.54) is 4.88 Å². The Bertz CT molecular complexity index is 720. The lowest BCUT2D eigenvalue weighted by Gasteiger charge is -2.01. The minimum Gasteiger partial charge on any atom is -0.327 e. The predicted octanol–water partition coefficient (Wildman–Crippen LogP) is 2.80. The molecule has 0 spiro atoms. The third kappa shape index (κ3) is 1.53. The molecule has 1 aliphatic carbocycles. The molecule has 0 saturated carbocycles. The highest BCUT2D eigenvalue weighted by atomic mass is 32.1. The third-order valence-corrected chi connectivity index (χ3v) is 4.77. The van der Waals surface area contributed by atoms with Gasteiger partial charge in [-0.15, -0.1) is 17.9 Å². The van der Waals surface area contributed by atoms with Gasteiger partial charge in [-0.25, -0.2) is 0 Å². The van der Waals surface area contributed by atoms with Crippen LogP contribution in [0.15, 0.2) is 17.4 Å². The van der Waals surface area contributed by atoms with Gasteiger partial charge in [-0.3, -0.25) is 4.79 Å². The van der Waals surface area contributed by atoms with Crippen LogP contribution in [0.5, 0.6) is 0 Å². The number of rotatable bonds is 2. The van der Waals surface area contributed by atoms with E-state index in [0.717, 1.165) is 29.7 Å². The largest absolute Gasteiger partial charge is 0.327 e. The van der Waals surface area contributed by atoms with Gasteiger partial charge in [0.2, 0.25) is 5.43 Å². The molecule has 88 valence electrons. The Morgan fingerprint density at radius 1 is 1.53 bits per heavy atom. The van der Waals surface area contributed by atoms with E-state index in [9.17, 15) is 4.79 Å². The van der Waals surface area contributed by atoms with Gasteiger partial charge < -0.3 is 9.55 Å². The maximum absolute atomic E-state index is 12.3. The summed E-state index contributed by atoms with van der Waals surface area (Å²) in [4.78, 5) is 17.5. The van der Waals surface area contributed by atoms with Crippen molar-refractivity contribution in [2.24, 2.45) is 0 Å².